The van der Waals surface area contributed by atoms with Crippen molar-refractivity contribution < 1.29 is 4.79 Å². The maximum absolute atomic E-state index is 12.6. The number of aromatic amines is 2. The zero-order chi connectivity index (χ0) is 18.8. The Morgan fingerprint density at radius 1 is 1.26 bits per heavy atom. The lowest BCUT2D eigenvalue weighted by molar-refractivity contribution is -0.132. The Kier molecular flexibility index (Phi) is 4.79. The quantitative estimate of drug-likeness (QED) is 0.747. The Morgan fingerprint density at radius 2 is 2.04 bits per heavy atom. The van der Waals surface area contributed by atoms with Crippen LogP contribution in [0.5, 0.6) is 0 Å². The van der Waals surface area contributed by atoms with Gasteiger partial charge in [0.25, 0.3) is 5.56 Å². The molecule has 27 heavy (non-hydrogen) atoms. The van der Waals surface area contributed by atoms with Gasteiger partial charge in [-0.1, -0.05) is 18.2 Å². The lowest BCUT2D eigenvalue weighted by Gasteiger charge is -2.31. The number of piperidine rings is 1. The summed E-state index contributed by atoms with van der Waals surface area (Å²) in [5.41, 5.74) is 3.05. The van der Waals surface area contributed by atoms with Gasteiger partial charge in [-0.2, -0.15) is 0 Å². The molecule has 1 saturated heterocycles. The van der Waals surface area contributed by atoms with Crippen LogP contribution in [0.1, 0.15) is 42.3 Å². The van der Waals surface area contributed by atoms with Crippen LogP contribution in [-0.2, 0) is 11.2 Å². The Balaban J connectivity index is 1.34. The molecule has 6 heteroatoms. The Morgan fingerprint density at radius 3 is 2.81 bits per heavy atom. The minimum Gasteiger partial charge on any atom is -0.361 e. The molecule has 2 N–H and O–H groups in total. The average Bonchev–Trinajstić information content (AvgIpc) is 3.09. The molecule has 1 aromatic carbocycles. The van der Waals surface area contributed by atoms with E-state index in [0.717, 1.165) is 43.6 Å². The van der Waals surface area contributed by atoms with E-state index >= 15 is 0 Å². The van der Waals surface area contributed by atoms with Crippen molar-refractivity contribution in [3.05, 3.63) is 64.0 Å². The van der Waals surface area contributed by atoms with Gasteiger partial charge in [0, 0.05) is 48.6 Å². The van der Waals surface area contributed by atoms with E-state index in [9.17, 15) is 9.59 Å². The Labute approximate surface area is 157 Å². The molecule has 1 amide bonds. The second-order valence-corrected chi connectivity index (χ2v) is 7.27. The highest BCUT2D eigenvalue weighted by Gasteiger charge is 2.25. The number of hydrogen-bond donors (Lipinski definition) is 2. The molecule has 0 aliphatic carbocycles. The molecule has 6 nitrogen and oxygen atoms in total. The van der Waals surface area contributed by atoms with Gasteiger partial charge in [0.05, 0.1) is 5.69 Å². The summed E-state index contributed by atoms with van der Waals surface area (Å²) in [4.78, 5) is 36.6. The third-order valence-corrected chi connectivity index (χ3v) is 5.43. The highest BCUT2D eigenvalue weighted by atomic mass is 16.2. The number of aromatic nitrogens is 3. The minimum atomic E-state index is -0.102. The van der Waals surface area contributed by atoms with E-state index in [1.165, 1.54) is 10.9 Å². The van der Waals surface area contributed by atoms with Gasteiger partial charge in [0.2, 0.25) is 5.91 Å². The molecule has 4 rings (SSSR count). The fraction of sp³-hybridized carbons (Fsp3) is 0.381. The number of amides is 1. The lowest BCUT2D eigenvalue weighted by Crippen LogP contribution is -2.38. The Hall–Kier alpha value is -2.89. The van der Waals surface area contributed by atoms with Crippen molar-refractivity contribution in [2.45, 2.75) is 38.5 Å². The van der Waals surface area contributed by atoms with Gasteiger partial charge in [0.1, 0.15) is 5.82 Å². The van der Waals surface area contributed by atoms with Crippen LogP contribution in [-0.4, -0.2) is 38.8 Å². The van der Waals surface area contributed by atoms with Crippen molar-refractivity contribution in [1.82, 2.24) is 19.9 Å². The second kappa shape index (κ2) is 7.39. The van der Waals surface area contributed by atoms with Crippen molar-refractivity contribution >= 4 is 16.8 Å². The first kappa shape index (κ1) is 17.5. The standard InChI is InChI=1S/C21H24N4O2/c1-14-23-19(12-20(26)24-14)15-8-10-25(11-9-15)21(27)7-6-16-13-22-18-5-3-2-4-17(16)18/h2-5,12-13,15,22H,6-11H2,1H3,(H,23,24,26). The molecule has 1 fully saturated rings. The number of benzene rings is 1. The summed E-state index contributed by atoms with van der Waals surface area (Å²) < 4.78 is 0. The molecule has 0 spiro atoms. The predicted molar refractivity (Wildman–Crippen MR) is 105 cm³/mol. The van der Waals surface area contributed by atoms with Gasteiger partial charge >= 0.3 is 0 Å². The molecule has 0 atom stereocenters. The fourth-order valence-corrected chi connectivity index (χ4v) is 3.97. The van der Waals surface area contributed by atoms with E-state index in [1.807, 2.05) is 23.2 Å². The van der Waals surface area contributed by atoms with E-state index in [-0.39, 0.29) is 17.4 Å². The number of fused-ring (bicyclic) bond motifs is 1. The average molecular weight is 364 g/mol. The topological polar surface area (TPSA) is 81.8 Å². The van der Waals surface area contributed by atoms with Crippen LogP contribution in [0.3, 0.4) is 0 Å². The van der Waals surface area contributed by atoms with Gasteiger partial charge in [0.15, 0.2) is 0 Å². The molecule has 0 saturated carbocycles. The summed E-state index contributed by atoms with van der Waals surface area (Å²) >= 11 is 0. The summed E-state index contributed by atoms with van der Waals surface area (Å²) in [6.45, 7) is 3.25. The number of likely N-dealkylation sites (tertiary alicyclic amines) is 1. The fourth-order valence-electron chi connectivity index (χ4n) is 3.97. The van der Waals surface area contributed by atoms with E-state index in [2.05, 4.69) is 27.1 Å². The summed E-state index contributed by atoms with van der Waals surface area (Å²) in [6, 6.07) is 9.77. The van der Waals surface area contributed by atoms with Crippen molar-refractivity contribution in [3.63, 3.8) is 0 Å². The number of carbonyl (C=O) groups is 1. The number of nitrogens with zero attached hydrogens (tertiary/aromatic N) is 2. The van der Waals surface area contributed by atoms with E-state index in [4.69, 9.17) is 0 Å². The van der Waals surface area contributed by atoms with Crippen molar-refractivity contribution in [2.75, 3.05) is 13.1 Å². The highest BCUT2D eigenvalue weighted by molar-refractivity contribution is 5.84. The number of rotatable bonds is 4. The largest absolute Gasteiger partial charge is 0.361 e. The molecule has 3 aromatic rings. The van der Waals surface area contributed by atoms with Crippen molar-refractivity contribution in [3.8, 4) is 0 Å². The zero-order valence-electron chi connectivity index (χ0n) is 15.5. The van der Waals surface area contributed by atoms with Crippen LogP contribution in [0.2, 0.25) is 0 Å². The SMILES string of the molecule is Cc1nc(C2CCN(C(=O)CCc3c[nH]c4ccccc34)CC2)cc(=O)[nH]1. The summed E-state index contributed by atoms with van der Waals surface area (Å²) in [7, 11) is 0. The molecule has 140 valence electrons. The molecule has 0 unspecified atom stereocenters. The van der Waals surface area contributed by atoms with Crippen LogP contribution < -0.4 is 5.56 Å². The van der Waals surface area contributed by atoms with Gasteiger partial charge in [-0.05, 0) is 37.8 Å². The molecule has 1 aliphatic rings. The highest BCUT2D eigenvalue weighted by Crippen LogP contribution is 2.27. The van der Waals surface area contributed by atoms with Gasteiger partial charge < -0.3 is 14.9 Å². The number of carbonyl (C=O) groups excluding carboxylic acids is 1. The summed E-state index contributed by atoms with van der Waals surface area (Å²) in [5, 5.41) is 1.19. The molecular formula is C21H24N4O2. The number of para-hydroxylation sites is 1. The number of nitrogens with one attached hydrogen (secondary N) is 2. The van der Waals surface area contributed by atoms with E-state index in [0.29, 0.717) is 12.2 Å². The maximum atomic E-state index is 12.6. The van der Waals surface area contributed by atoms with Crippen molar-refractivity contribution in [2.24, 2.45) is 0 Å². The molecule has 1 aliphatic heterocycles. The minimum absolute atomic E-state index is 0.102. The van der Waals surface area contributed by atoms with Crippen molar-refractivity contribution in [1.29, 1.82) is 0 Å². The maximum Gasteiger partial charge on any atom is 0.251 e. The van der Waals surface area contributed by atoms with E-state index in [1.54, 1.807) is 13.0 Å². The van der Waals surface area contributed by atoms with Gasteiger partial charge in [-0.25, -0.2) is 4.98 Å². The number of hydrogen-bond acceptors (Lipinski definition) is 3. The third kappa shape index (κ3) is 3.79. The molecule has 0 bridgehead atoms. The smallest absolute Gasteiger partial charge is 0.251 e. The molecular weight excluding hydrogens is 340 g/mol. The van der Waals surface area contributed by atoms with Gasteiger partial charge in [-0.3, -0.25) is 9.59 Å². The van der Waals surface area contributed by atoms with Crippen LogP contribution in [0.15, 0.2) is 41.3 Å². The predicted octanol–water partition coefficient (Wildman–Crippen LogP) is 2.90. The van der Waals surface area contributed by atoms with Crippen LogP contribution >= 0.6 is 0 Å². The summed E-state index contributed by atoms with van der Waals surface area (Å²) in [6.07, 6.45) is 4.99. The monoisotopic (exact) mass is 364 g/mol. The molecule has 0 radical (unpaired) electrons. The van der Waals surface area contributed by atoms with Gasteiger partial charge in [-0.15, -0.1) is 0 Å². The number of aryl methyl sites for hydroxylation is 2. The zero-order valence-corrected chi connectivity index (χ0v) is 15.5. The first-order valence-corrected chi connectivity index (χ1v) is 9.51. The normalized spacial score (nSPS) is 15.4. The summed E-state index contributed by atoms with van der Waals surface area (Å²) in [5.74, 6) is 1.10. The first-order valence-electron chi connectivity index (χ1n) is 9.51. The van der Waals surface area contributed by atoms with E-state index < -0.39 is 0 Å². The first-order chi connectivity index (χ1) is 13.1. The third-order valence-electron chi connectivity index (χ3n) is 5.43. The second-order valence-electron chi connectivity index (χ2n) is 7.27. The van der Waals surface area contributed by atoms with Crippen LogP contribution in [0.25, 0.3) is 10.9 Å². The molecule has 2 aromatic heterocycles. The number of H-pyrrole nitrogens is 2. The van der Waals surface area contributed by atoms with Crippen LogP contribution in [0, 0.1) is 6.92 Å². The molecule has 3 heterocycles. The lowest BCUT2D eigenvalue weighted by atomic mass is 9.93. The van der Waals surface area contributed by atoms with Crippen LogP contribution in [0.4, 0.5) is 0 Å². The Bertz CT molecular complexity index is 1010.